The third kappa shape index (κ3) is 1.03. The molecular weight excluding hydrogens is 204 g/mol. The summed E-state index contributed by atoms with van der Waals surface area (Å²) in [7, 11) is 1.57. The first-order chi connectivity index (χ1) is 7.62. The lowest BCUT2D eigenvalue weighted by Crippen LogP contribution is -2.54. The number of carbonyl (C=O) groups is 1. The third-order valence-electron chi connectivity index (χ3n) is 4.24. The fourth-order valence-corrected chi connectivity index (χ4v) is 3.47. The fourth-order valence-electron chi connectivity index (χ4n) is 3.47. The first-order valence-corrected chi connectivity index (χ1v) is 5.72. The van der Waals surface area contributed by atoms with Gasteiger partial charge >= 0.3 is 0 Å². The molecule has 0 saturated carbocycles. The molecule has 3 aliphatic rings. The Balaban J connectivity index is 2.17. The maximum atomic E-state index is 12.0. The predicted octanol–water partition coefficient (Wildman–Crippen LogP) is 1.70. The van der Waals surface area contributed by atoms with Crippen LogP contribution in [0.1, 0.15) is 13.3 Å². The lowest BCUT2D eigenvalue weighted by Gasteiger charge is -2.46. The van der Waals surface area contributed by atoms with Crippen molar-refractivity contribution < 1.29 is 14.3 Å². The van der Waals surface area contributed by atoms with Crippen LogP contribution in [0, 0.1) is 17.3 Å². The van der Waals surface area contributed by atoms with Gasteiger partial charge in [-0.3, -0.25) is 4.79 Å². The van der Waals surface area contributed by atoms with Gasteiger partial charge in [0.15, 0.2) is 0 Å². The van der Waals surface area contributed by atoms with E-state index in [4.69, 9.17) is 9.47 Å². The Morgan fingerprint density at radius 1 is 1.56 bits per heavy atom. The second-order valence-electron chi connectivity index (χ2n) is 5.16. The first-order valence-electron chi connectivity index (χ1n) is 5.72. The third-order valence-corrected chi connectivity index (χ3v) is 4.24. The minimum Gasteiger partial charge on any atom is -0.346 e. The Hall–Kier alpha value is -0.930. The Labute approximate surface area is 95.1 Å². The lowest BCUT2D eigenvalue weighted by molar-refractivity contribution is -0.221. The summed E-state index contributed by atoms with van der Waals surface area (Å²) in [5.41, 5.74) is -0.0141. The van der Waals surface area contributed by atoms with Crippen molar-refractivity contribution in [3.8, 4) is 0 Å². The summed E-state index contributed by atoms with van der Waals surface area (Å²) < 4.78 is 11.2. The first kappa shape index (κ1) is 10.2. The zero-order valence-electron chi connectivity index (χ0n) is 9.60. The number of methoxy groups -OCH3 is 1. The zero-order chi connectivity index (χ0) is 11.4. The zero-order valence-corrected chi connectivity index (χ0v) is 9.60. The van der Waals surface area contributed by atoms with Crippen LogP contribution in [0.15, 0.2) is 24.3 Å². The quantitative estimate of drug-likeness (QED) is 0.631. The molecule has 2 aliphatic carbocycles. The molecule has 0 spiro atoms. The molecule has 16 heavy (non-hydrogen) atoms. The fraction of sp³-hybridized carbons (Fsp3) is 0.615. The monoisotopic (exact) mass is 220 g/mol. The molecule has 0 radical (unpaired) electrons. The summed E-state index contributed by atoms with van der Waals surface area (Å²) in [6.07, 6.45) is 8.96. The van der Waals surface area contributed by atoms with Crippen LogP contribution in [-0.2, 0) is 14.3 Å². The van der Waals surface area contributed by atoms with Gasteiger partial charge in [-0.2, -0.15) is 0 Å². The average molecular weight is 220 g/mol. The highest BCUT2D eigenvalue weighted by Gasteiger charge is 2.62. The predicted molar refractivity (Wildman–Crippen MR) is 58.7 cm³/mol. The van der Waals surface area contributed by atoms with Crippen molar-refractivity contribution in [1.29, 1.82) is 0 Å². The number of hydrogen-bond donors (Lipinski definition) is 0. The molecule has 3 nitrogen and oxygen atoms in total. The van der Waals surface area contributed by atoms with E-state index >= 15 is 0 Å². The van der Waals surface area contributed by atoms with Gasteiger partial charge in [-0.15, -0.1) is 0 Å². The Kier molecular flexibility index (Phi) is 1.95. The molecule has 3 heteroatoms. The molecular formula is C13H16O3. The average Bonchev–Trinajstić information content (AvgIpc) is 2.67. The van der Waals surface area contributed by atoms with Crippen molar-refractivity contribution >= 4 is 5.78 Å². The Morgan fingerprint density at radius 3 is 3.12 bits per heavy atom. The summed E-state index contributed by atoms with van der Waals surface area (Å²) >= 11 is 0. The van der Waals surface area contributed by atoms with Crippen molar-refractivity contribution in [2.75, 3.05) is 13.7 Å². The number of ether oxygens (including phenoxy) is 2. The van der Waals surface area contributed by atoms with Crippen LogP contribution < -0.4 is 0 Å². The molecule has 1 saturated heterocycles. The minimum absolute atomic E-state index is 0.0141. The molecule has 1 heterocycles. The summed E-state index contributed by atoms with van der Waals surface area (Å²) in [5.74, 6) is -0.658. The number of rotatable bonds is 1. The highest BCUT2D eigenvalue weighted by Crippen LogP contribution is 2.55. The highest BCUT2D eigenvalue weighted by atomic mass is 16.7. The number of ketones is 1. The van der Waals surface area contributed by atoms with Gasteiger partial charge in [0.25, 0.3) is 0 Å². The molecule has 1 aliphatic heterocycles. The van der Waals surface area contributed by atoms with Crippen LogP contribution in [0.4, 0.5) is 0 Å². The molecule has 0 amide bonds. The van der Waals surface area contributed by atoms with E-state index in [1.54, 1.807) is 13.2 Å². The number of allylic oxidation sites excluding steroid dienone is 2. The van der Waals surface area contributed by atoms with Crippen molar-refractivity contribution in [3.05, 3.63) is 24.3 Å². The molecule has 86 valence electrons. The van der Waals surface area contributed by atoms with Crippen molar-refractivity contribution in [3.63, 3.8) is 0 Å². The summed E-state index contributed by atoms with van der Waals surface area (Å²) in [5, 5.41) is 0. The topological polar surface area (TPSA) is 35.5 Å². The van der Waals surface area contributed by atoms with Gasteiger partial charge in [0.2, 0.25) is 11.6 Å². The SMILES string of the molecule is CO[C@]12OC[C@@H]3C=CC[C@](C)(C=CC1=O)[C@@H]32. The van der Waals surface area contributed by atoms with E-state index < -0.39 is 5.79 Å². The van der Waals surface area contributed by atoms with Gasteiger partial charge in [-0.1, -0.05) is 25.2 Å². The standard InChI is InChI=1S/C13H16O3/c1-12-6-3-4-9-8-16-13(15-2,11(9)12)10(14)5-7-12/h3-5,7,9,11H,6,8H2,1-2H3/t9-,11+,12+,13-/m0/s1. The lowest BCUT2D eigenvalue weighted by atomic mass is 9.60. The van der Waals surface area contributed by atoms with E-state index in [2.05, 4.69) is 19.1 Å². The van der Waals surface area contributed by atoms with Crippen LogP contribution in [0.3, 0.4) is 0 Å². The second-order valence-corrected chi connectivity index (χ2v) is 5.16. The highest BCUT2D eigenvalue weighted by molar-refractivity contribution is 5.97. The second kappa shape index (κ2) is 3.05. The van der Waals surface area contributed by atoms with Gasteiger partial charge in [-0.25, -0.2) is 0 Å². The van der Waals surface area contributed by atoms with E-state index in [1.807, 2.05) is 6.08 Å². The smallest absolute Gasteiger partial charge is 0.237 e. The minimum atomic E-state index is -1.03. The van der Waals surface area contributed by atoms with Crippen LogP contribution in [-0.4, -0.2) is 25.3 Å². The van der Waals surface area contributed by atoms with Crippen molar-refractivity contribution in [2.45, 2.75) is 19.1 Å². The van der Waals surface area contributed by atoms with Crippen molar-refractivity contribution in [1.82, 2.24) is 0 Å². The Bertz CT molecular complexity index is 398. The molecule has 3 rings (SSSR count). The van der Waals surface area contributed by atoms with E-state index in [0.717, 1.165) is 6.42 Å². The van der Waals surface area contributed by atoms with E-state index in [1.165, 1.54) is 0 Å². The Morgan fingerprint density at radius 2 is 2.38 bits per heavy atom. The van der Waals surface area contributed by atoms with Gasteiger partial charge in [0.1, 0.15) is 0 Å². The van der Waals surface area contributed by atoms with Gasteiger partial charge in [0, 0.05) is 18.9 Å². The molecule has 0 N–H and O–H groups in total. The summed E-state index contributed by atoms with van der Waals surface area (Å²) in [6, 6.07) is 0. The molecule has 0 bridgehead atoms. The molecule has 0 aromatic rings. The normalized spacial score (nSPS) is 49.5. The maximum Gasteiger partial charge on any atom is 0.237 e. The molecule has 1 fully saturated rings. The molecule has 0 aromatic heterocycles. The van der Waals surface area contributed by atoms with E-state index in [9.17, 15) is 4.79 Å². The largest absolute Gasteiger partial charge is 0.346 e. The van der Waals surface area contributed by atoms with E-state index in [-0.39, 0.29) is 17.1 Å². The van der Waals surface area contributed by atoms with Crippen LogP contribution >= 0.6 is 0 Å². The summed E-state index contributed by atoms with van der Waals surface area (Å²) in [6.45, 7) is 2.76. The van der Waals surface area contributed by atoms with Crippen molar-refractivity contribution in [2.24, 2.45) is 17.3 Å². The van der Waals surface area contributed by atoms with Crippen LogP contribution in [0.25, 0.3) is 0 Å². The summed E-state index contributed by atoms with van der Waals surface area (Å²) in [4.78, 5) is 12.0. The number of carbonyl (C=O) groups excluding carboxylic acids is 1. The van der Waals surface area contributed by atoms with Crippen LogP contribution in [0.2, 0.25) is 0 Å². The number of hydrogen-bond acceptors (Lipinski definition) is 3. The van der Waals surface area contributed by atoms with Gasteiger partial charge in [-0.05, 0) is 17.9 Å². The molecule has 4 atom stereocenters. The molecule has 0 aromatic carbocycles. The van der Waals surface area contributed by atoms with Gasteiger partial charge in [0.05, 0.1) is 6.61 Å². The maximum absolute atomic E-state index is 12.0. The van der Waals surface area contributed by atoms with Gasteiger partial charge < -0.3 is 9.47 Å². The van der Waals surface area contributed by atoms with Crippen LogP contribution in [0.5, 0.6) is 0 Å². The van der Waals surface area contributed by atoms with E-state index in [0.29, 0.717) is 12.5 Å². The molecule has 0 unspecified atom stereocenters.